The number of nitrogens with zero attached hydrogens (tertiary/aromatic N) is 1. The Morgan fingerprint density at radius 3 is 2.81 bits per heavy atom. The van der Waals surface area contributed by atoms with E-state index in [1.165, 1.54) is 0 Å². The van der Waals surface area contributed by atoms with Crippen molar-refractivity contribution in [2.45, 2.75) is 51.2 Å². The van der Waals surface area contributed by atoms with Crippen molar-refractivity contribution in [3.8, 4) is 0 Å². The topological polar surface area (TPSA) is 90.4 Å². The number of ether oxygens (including phenoxy) is 1. The maximum Gasteiger partial charge on any atom is 0.314 e. The van der Waals surface area contributed by atoms with Gasteiger partial charge >= 0.3 is 5.69 Å². The zero-order valence-corrected chi connectivity index (χ0v) is 12.6. The molecule has 0 amide bonds. The highest BCUT2D eigenvalue weighted by Gasteiger charge is 2.35. The van der Waals surface area contributed by atoms with Gasteiger partial charge in [-0.05, 0) is 37.8 Å². The molecule has 21 heavy (non-hydrogen) atoms. The standard InChI is InChI=1S/C15H23N3O3/c1-3-15(4-2)10-11(8-9-21-15)17-13-7-5-6-12(16)14(13)18(19)20/h5-7,11,17H,3-4,8-10,16H2,1-2H3. The fraction of sp³-hybridized carbons (Fsp3) is 0.600. The van der Waals surface area contributed by atoms with Crippen molar-refractivity contribution in [2.24, 2.45) is 0 Å². The maximum atomic E-state index is 11.2. The second-order valence-electron chi connectivity index (χ2n) is 5.57. The molecule has 1 aliphatic heterocycles. The average molecular weight is 293 g/mol. The number of hydrogen-bond donors (Lipinski definition) is 2. The minimum atomic E-state index is -0.427. The van der Waals surface area contributed by atoms with Gasteiger partial charge in [0.1, 0.15) is 11.4 Å². The highest BCUT2D eigenvalue weighted by atomic mass is 16.6. The molecule has 1 aromatic rings. The molecule has 1 unspecified atom stereocenters. The number of anilines is 2. The molecule has 6 heteroatoms. The lowest BCUT2D eigenvalue weighted by molar-refractivity contribution is -0.383. The third kappa shape index (κ3) is 3.26. The molecule has 1 heterocycles. The van der Waals surface area contributed by atoms with Gasteiger partial charge in [-0.15, -0.1) is 0 Å². The van der Waals surface area contributed by atoms with Gasteiger partial charge in [0.2, 0.25) is 0 Å². The van der Waals surface area contributed by atoms with Crippen molar-refractivity contribution in [2.75, 3.05) is 17.7 Å². The monoisotopic (exact) mass is 293 g/mol. The zero-order valence-electron chi connectivity index (χ0n) is 12.6. The first-order valence-electron chi connectivity index (χ1n) is 7.44. The number of nitrogens with two attached hydrogens (primary N) is 1. The van der Waals surface area contributed by atoms with E-state index in [2.05, 4.69) is 19.2 Å². The lowest BCUT2D eigenvalue weighted by Gasteiger charge is -2.40. The van der Waals surface area contributed by atoms with E-state index in [-0.39, 0.29) is 23.0 Å². The van der Waals surface area contributed by atoms with Gasteiger partial charge in [0, 0.05) is 12.6 Å². The number of para-hydroxylation sites is 1. The Kier molecular flexibility index (Phi) is 4.67. The molecule has 116 valence electrons. The van der Waals surface area contributed by atoms with Gasteiger partial charge in [-0.3, -0.25) is 10.1 Å². The van der Waals surface area contributed by atoms with Crippen LogP contribution >= 0.6 is 0 Å². The Hall–Kier alpha value is -1.82. The molecule has 0 radical (unpaired) electrons. The SMILES string of the molecule is CCC1(CC)CC(Nc2cccc(N)c2[N+](=O)[O-])CCO1. The highest BCUT2D eigenvalue weighted by molar-refractivity contribution is 5.74. The van der Waals surface area contributed by atoms with Gasteiger partial charge in [-0.25, -0.2) is 0 Å². The minimum Gasteiger partial charge on any atom is -0.393 e. The third-order valence-corrected chi connectivity index (χ3v) is 4.39. The first-order valence-corrected chi connectivity index (χ1v) is 7.44. The molecular formula is C15H23N3O3. The summed E-state index contributed by atoms with van der Waals surface area (Å²) in [4.78, 5) is 10.8. The summed E-state index contributed by atoms with van der Waals surface area (Å²) in [6.07, 6.45) is 3.58. The van der Waals surface area contributed by atoms with Crippen molar-refractivity contribution < 1.29 is 9.66 Å². The van der Waals surface area contributed by atoms with Crippen LogP contribution in [0.15, 0.2) is 18.2 Å². The Labute approximate surface area is 124 Å². The maximum absolute atomic E-state index is 11.2. The molecule has 0 saturated carbocycles. The minimum absolute atomic E-state index is 0.0393. The number of nitro benzene ring substituents is 1. The normalized spacial score (nSPS) is 21.0. The molecule has 0 aliphatic carbocycles. The Morgan fingerprint density at radius 2 is 2.19 bits per heavy atom. The molecule has 1 aromatic carbocycles. The third-order valence-electron chi connectivity index (χ3n) is 4.39. The second-order valence-corrected chi connectivity index (χ2v) is 5.57. The van der Waals surface area contributed by atoms with Crippen molar-refractivity contribution >= 4 is 17.1 Å². The predicted octanol–water partition coefficient (Wildman–Crippen LogP) is 3.33. The van der Waals surface area contributed by atoms with E-state index in [0.29, 0.717) is 12.3 Å². The number of nitrogens with one attached hydrogen (secondary N) is 1. The summed E-state index contributed by atoms with van der Waals surface area (Å²) in [6.45, 7) is 4.92. The van der Waals surface area contributed by atoms with Crippen molar-refractivity contribution in [3.05, 3.63) is 28.3 Å². The fourth-order valence-electron chi connectivity index (χ4n) is 3.00. The van der Waals surface area contributed by atoms with Crippen LogP contribution in [0.2, 0.25) is 0 Å². The lowest BCUT2D eigenvalue weighted by Crippen LogP contribution is -2.43. The summed E-state index contributed by atoms with van der Waals surface area (Å²) in [7, 11) is 0. The van der Waals surface area contributed by atoms with Crippen LogP contribution in [0.25, 0.3) is 0 Å². The van der Waals surface area contributed by atoms with Crippen LogP contribution in [0, 0.1) is 10.1 Å². The number of rotatable bonds is 5. The van der Waals surface area contributed by atoms with Crippen molar-refractivity contribution in [1.82, 2.24) is 0 Å². The van der Waals surface area contributed by atoms with Crippen molar-refractivity contribution in [1.29, 1.82) is 0 Å². The largest absolute Gasteiger partial charge is 0.393 e. The number of nitrogen functional groups attached to an aromatic ring is 1. The van der Waals surface area contributed by atoms with Gasteiger partial charge in [0.05, 0.1) is 10.5 Å². The van der Waals surface area contributed by atoms with Crippen LogP contribution in [0.5, 0.6) is 0 Å². The van der Waals surface area contributed by atoms with Gasteiger partial charge in [0.15, 0.2) is 0 Å². The van der Waals surface area contributed by atoms with E-state index < -0.39 is 4.92 Å². The van der Waals surface area contributed by atoms with Crippen LogP contribution in [-0.4, -0.2) is 23.2 Å². The Bertz CT molecular complexity index is 515. The molecule has 0 bridgehead atoms. The molecule has 1 aliphatic rings. The quantitative estimate of drug-likeness (QED) is 0.493. The second kappa shape index (κ2) is 6.30. The number of hydrogen-bond acceptors (Lipinski definition) is 5. The molecule has 1 fully saturated rings. The van der Waals surface area contributed by atoms with Gasteiger partial charge in [-0.2, -0.15) is 0 Å². The highest BCUT2D eigenvalue weighted by Crippen LogP contribution is 2.36. The number of benzene rings is 1. The van der Waals surface area contributed by atoms with Crippen LogP contribution in [0.4, 0.5) is 17.1 Å². The van der Waals surface area contributed by atoms with Gasteiger partial charge < -0.3 is 15.8 Å². The fourth-order valence-corrected chi connectivity index (χ4v) is 3.00. The van der Waals surface area contributed by atoms with E-state index in [1.807, 2.05) is 0 Å². The summed E-state index contributed by atoms with van der Waals surface area (Å²) < 4.78 is 5.93. The van der Waals surface area contributed by atoms with Gasteiger partial charge in [-0.1, -0.05) is 19.9 Å². The smallest absolute Gasteiger partial charge is 0.314 e. The summed E-state index contributed by atoms with van der Waals surface area (Å²) >= 11 is 0. The van der Waals surface area contributed by atoms with Crippen LogP contribution in [-0.2, 0) is 4.74 Å². The molecule has 1 saturated heterocycles. The van der Waals surface area contributed by atoms with E-state index >= 15 is 0 Å². The van der Waals surface area contributed by atoms with E-state index in [0.717, 1.165) is 25.7 Å². The Balaban J connectivity index is 2.19. The van der Waals surface area contributed by atoms with E-state index in [9.17, 15) is 10.1 Å². The molecule has 1 atom stereocenters. The van der Waals surface area contributed by atoms with Crippen LogP contribution in [0.3, 0.4) is 0 Å². The molecule has 3 N–H and O–H groups in total. The van der Waals surface area contributed by atoms with Crippen LogP contribution in [0.1, 0.15) is 39.5 Å². The molecule has 0 spiro atoms. The van der Waals surface area contributed by atoms with E-state index in [4.69, 9.17) is 10.5 Å². The number of nitro groups is 1. The average Bonchev–Trinajstić information content (AvgIpc) is 2.47. The molecule has 2 rings (SSSR count). The lowest BCUT2D eigenvalue weighted by atomic mass is 9.86. The summed E-state index contributed by atoms with van der Waals surface area (Å²) in [6, 6.07) is 5.16. The molecular weight excluding hydrogens is 270 g/mol. The Morgan fingerprint density at radius 1 is 1.48 bits per heavy atom. The van der Waals surface area contributed by atoms with Crippen LogP contribution < -0.4 is 11.1 Å². The summed E-state index contributed by atoms with van der Waals surface area (Å²) in [5, 5.41) is 14.5. The predicted molar refractivity (Wildman–Crippen MR) is 83.4 cm³/mol. The van der Waals surface area contributed by atoms with Crippen molar-refractivity contribution in [3.63, 3.8) is 0 Å². The first-order chi connectivity index (χ1) is 10.0. The molecule has 0 aromatic heterocycles. The molecule has 6 nitrogen and oxygen atoms in total. The van der Waals surface area contributed by atoms with E-state index in [1.54, 1.807) is 18.2 Å². The summed E-state index contributed by atoms with van der Waals surface area (Å²) in [5.41, 5.74) is 6.25. The zero-order chi connectivity index (χ0) is 15.5. The first kappa shape index (κ1) is 15.6. The summed E-state index contributed by atoms with van der Waals surface area (Å²) in [5.74, 6) is 0. The van der Waals surface area contributed by atoms with Gasteiger partial charge in [0.25, 0.3) is 0 Å².